The molecule has 0 bridgehead atoms. The lowest BCUT2D eigenvalue weighted by molar-refractivity contribution is -0.133. The van der Waals surface area contributed by atoms with Crippen molar-refractivity contribution in [3.8, 4) is 11.1 Å². The van der Waals surface area contributed by atoms with Crippen molar-refractivity contribution in [1.29, 1.82) is 0 Å². The second-order valence-electron chi connectivity index (χ2n) is 6.45. The topological polar surface area (TPSA) is 108 Å². The number of carbonyl (C=O) groups is 1. The summed E-state index contributed by atoms with van der Waals surface area (Å²) in [5.74, 6) is -1.72. The summed E-state index contributed by atoms with van der Waals surface area (Å²) in [4.78, 5) is 14.9. The van der Waals surface area contributed by atoms with Gasteiger partial charge in [0.25, 0.3) is 5.91 Å². The second-order valence-corrected chi connectivity index (χ2v) is 8.20. The van der Waals surface area contributed by atoms with Crippen LogP contribution in [-0.2, 0) is 21.4 Å². The van der Waals surface area contributed by atoms with Gasteiger partial charge in [0.15, 0.2) is 0 Å². The van der Waals surface area contributed by atoms with Crippen LogP contribution >= 0.6 is 0 Å². The molecular formula is C18H17F6N3O4S. The molecular weight excluding hydrogens is 468 g/mol. The standard InChI is InChI=1S/C18H17F6N3O4S/c19-7-14(27-17(29)16(20)21)15(28)11-3-1-10(2-4-11)12-5-6-13(25-8-12)9-26-32(30,31)18(22,23)24/h1-6,8,14-16,26,28H,7,9H2,(H,27,29). The van der Waals surface area contributed by atoms with E-state index in [2.05, 4.69) is 4.98 Å². The molecule has 3 N–H and O–H groups in total. The van der Waals surface area contributed by atoms with Crippen LogP contribution in [0, 0.1) is 0 Å². The lowest BCUT2D eigenvalue weighted by atomic mass is 9.99. The van der Waals surface area contributed by atoms with Gasteiger partial charge in [-0.15, -0.1) is 0 Å². The van der Waals surface area contributed by atoms with E-state index in [-0.39, 0.29) is 11.3 Å². The molecule has 14 heteroatoms. The van der Waals surface area contributed by atoms with Crippen molar-refractivity contribution in [2.24, 2.45) is 0 Å². The number of rotatable bonds is 9. The largest absolute Gasteiger partial charge is 0.511 e. The van der Waals surface area contributed by atoms with Crippen LogP contribution in [0.5, 0.6) is 0 Å². The molecule has 0 aliphatic carbocycles. The Morgan fingerprint density at radius 3 is 2.12 bits per heavy atom. The third kappa shape index (κ3) is 6.40. The Bertz CT molecular complexity index is 1010. The van der Waals surface area contributed by atoms with Crippen molar-refractivity contribution in [2.45, 2.75) is 30.6 Å². The van der Waals surface area contributed by atoms with E-state index in [1.54, 1.807) is 5.32 Å². The maximum absolute atomic E-state index is 13.1. The zero-order valence-electron chi connectivity index (χ0n) is 16.0. The Labute approximate surface area is 178 Å². The first-order valence-electron chi connectivity index (χ1n) is 8.79. The summed E-state index contributed by atoms with van der Waals surface area (Å²) in [5, 5.41) is 11.8. The molecule has 0 fully saturated rings. The Morgan fingerprint density at radius 2 is 1.66 bits per heavy atom. The van der Waals surface area contributed by atoms with Gasteiger partial charge < -0.3 is 10.4 Å². The first-order chi connectivity index (χ1) is 14.9. The molecule has 0 saturated carbocycles. The van der Waals surface area contributed by atoms with E-state index < -0.39 is 53.2 Å². The number of aliphatic hydroxyl groups excluding tert-OH is 1. The first-order valence-corrected chi connectivity index (χ1v) is 10.3. The maximum atomic E-state index is 13.1. The number of alkyl halides is 6. The molecule has 1 aromatic heterocycles. The molecule has 1 amide bonds. The summed E-state index contributed by atoms with van der Waals surface area (Å²) >= 11 is 0. The first kappa shape index (κ1) is 25.5. The molecule has 7 nitrogen and oxygen atoms in total. The van der Waals surface area contributed by atoms with Gasteiger partial charge in [-0.25, -0.2) is 17.5 Å². The number of hydrogen-bond acceptors (Lipinski definition) is 5. The van der Waals surface area contributed by atoms with Crippen LogP contribution in [0.3, 0.4) is 0 Å². The lowest BCUT2D eigenvalue weighted by Crippen LogP contribution is -2.43. The number of amides is 1. The van der Waals surface area contributed by atoms with E-state index in [4.69, 9.17) is 0 Å². The van der Waals surface area contributed by atoms with E-state index in [0.29, 0.717) is 11.1 Å². The van der Waals surface area contributed by atoms with Gasteiger partial charge in [-0.3, -0.25) is 9.78 Å². The number of nitrogens with one attached hydrogen (secondary N) is 2. The number of halogens is 6. The molecule has 0 spiro atoms. The highest BCUT2D eigenvalue weighted by Gasteiger charge is 2.45. The molecule has 0 radical (unpaired) electrons. The van der Waals surface area contributed by atoms with E-state index >= 15 is 0 Å². The van der Waals surface area contributed by atoms with E-state index in [1.807, 2.05) is 0 Å². The average Bonchev–Trinajstić information content (AvgIpc) is 2.75. The second kappa shape index (κ2) is 10.3. The van der Waals surface area contributed by atoms with Crippen molar-refractivity contribution in [3.63, 3.8) is 0 Å². The number of aliphatic hydroxyl groups is 1. The van der Waals surface area contributed by atoms with Crippen molar-refractivity contribution in [3.05, 3.63) is 53.9 Å². The molecule has 0 aliphatic heterocycles. The Kier molecular flexibility index (Phi) is 8.20. The number of sulfonamides is 1. The Morgan fingerprint density at radius 1 is 1.06 bits per heavy atom. The lowest BCUT2D eigenvalue weighted by Gasteiger charge is -2.22. The van der Waals surface area contributed by atoms with Crippen molar-refractivity contribution >= 4 is 15.9 Å². The third-order valence-electron chi connectivity index (χ3n) is 4.23. The number of benzene rings is 1. The van der Waals surface area contributed by atoms with Gasteiger partial charge in [-0.1, -0.05) is 30.3 Å². The zero-order valence-corrected chi connectivity index (χ0v) is 16.8. The minimum absolute atomic E-state index is 0.0224. The molecule has 2 aromatic rings. The quantitative estimate of drug-likeness (QED) is 0.473. The predicted molar refractivity (Wildman–Crippen MR) is 100 cm³/mol. The van der Waals surface area contributed by atoms with Crippen LogP contribution in [0.25, 0.3) is 11.1 Å². The summed E-state index contributed by atoms with van der Waals surface area (Å²) in [5.41, 5.74) is -4.26. The van der Waals surface area contributed by atoms with Gasteiger partial charge in [0.05, 0.1) is 18.3 Å². The van der Waals surface area contributed by atoms with Crippen LogP contribution in [0.4, 0.5) is 26.3 Å². The van der Waals surface area contributed by atoms with E-state index in [0.717, 1.165) is 0 Å². The fourth-order valence-corrected chi connectivity index (χ4v) is 3.00. The molecule has 2 unspecified atom stereocenters. The number of pyridine rings is 1. The van der Waals surface area contributed by atoms with Crippen LogP contribution in [0.1, 0.15) is 17.4 Å². The van der Waals surface area contributed by atoms with Crippen molar-refractivity contribution in [2.75, 3.05) is 6.67 Å². The molecule has 1 heterocycles. The minimum Gasteiger partial charge on any atom is -0.386 e. The fourth-order valence-electron chi connectivity index (χ4n) is 2.50. The SMILES string of the molecule is O=C(NC(CF)C(O)c1ccc(-c2ccc(CNS(=O)(=O)C(F)(F)F)nc2)cc1)C(F)F. The molecule has 2 rings (SSSR count). The smallest absolute Gasteiger partial charge is 0.386 e. The number of carbonyl (C=O) groups excluding carboxylic acids is 1. The molecule has 2 atom stereocenters. The maximum Gasteiger partial charge on any atom is 0.511 e. The molecule has 176 valence electrons. The number of nitrogens with zero attached hydrogens (tertiary/aromatic N) is 1. The van der Waals surface area contributed by atoms with Gasteiger partial charge >= 0.3 is 22.0 Å². The summed E-state index contributed by atoms with van der Waals surface area (Å²) < 4.78 is 98.0. The summed E-state index contributed by atoms with van der Waals surface area (Å²) in [7, 11) is -5.50. The van der Waals surface area contributed by atoms with Gasteiger partial charge in [0, 0.05) is 11.8 Å². The minimum atomic E-state index is -5.50. The average molecular weight is 485 g/mol. The van der Waals surface area contributed by atoms with Gasteiger partial charge in [0.2, 0.25) is 0 Å². The summed E-state index contributed by atoms with van der Waals surface area (Å²) in [6.45, 7) is -1.97. The fraction of sp³-hybridized carbons (Fsp3) is 0.333. The highest BCUT2D eigenvalue weighted by molar-refractivity contribution is 7.90. The van der Waals surface area contributed by atoms with E-state index in [9.17, 15) is 44.7 Å². The van der Waals surface area contributed by atoms with Crippen LogP contribution in [-0.4, -0.2) is 49.1 Å². The van der Waals surface area contributed by atoms with E-state index in [1.165, 1.54) is 47.3 Å². The van der Waals surface area contributed by atoms with Crippen molar-refractivity contribution < 1.29 is 44.7 Å². The molecule has 32 heavy (non-hydrogen) atoms. The van der Waals surface area contributed by atoms with Gasteiger partial charge in [-0.2, -0.15) is 22.0 Å². The zero-order chi connectivity index (χ0) is 24.1. The highest BCUT2D eigenvalue weighted by Crippen LogP contribution is 2.24. The van der Waals surface area contributed by atoms with Crippen LogP contribution in [0.2, 0.25) is 0 Å². The van der Waals surface area contributed by atoms with Crippen molar-refractivity contribution in [1.82, 2.24) is 15.0 Å². The highest BCUT2D eigenvalue weighted by atomic mass is 32.2. The normalized spacial score (nSPS) is 14.2. The van der Waals surface area contributed by atoms with Crippen LogP contribution < -0.4 is 10.0 Å². The van der Waals surface area contributed by atoms with Gasteiger partial charge in [-0.05, 0) is 17.2 Å². The number of aromatic nitrogens is 1. The third-order valence-corrected chi connectivity index (χ3v) is 5.37. The molecule has 0 aliphatic rings. The predicted octanol–water partition coefficient (Wildman–Crippen LogP) is 2.44. The van der Waals surface area contributed by atoms with Gasteiger partial charge in [0.1, 0.15) is 12.8 Å². The Balaban J connectivity index is 2.07. The molecule has 1 aromatic carbocycles. The monoisotopic (exact) mass is 485 g/mol. The number of hydrogen-bond donors (Lipinski definition) is 3. The Hall–Kier alpha value is -2.71. The van der Waals surface area contributed by atoms with Crippen LogP contribution in [0.15, 0.2) is 42.6 Å². The summed E-state index contributed by atoms with van der Waals surface area (Å²) in [6, 6.07) is 6.87. The summed E-state index contributed by atoms with van der Waals surface area (Å²) in [6.07, 6.45) is -3.69. The molecule has 0 saturated heterocycles.